The van der Waals surface area contributed by atoms with Crippen molar-refractivity contribution in [3.05, 3.63) is 40.7 Å². The van der Waals surface area contributed by atoms with Crippen molar-refractivity contribution < 1.29 is 9.90 Å². The first-order valence-electron chi connectivity index (χ1n) is 4.59. The molecule has 0 aliphatic rings. The molecule has 0 saturated carbocycles. The molecule has 0 bridgehead atoms. The SMILES string of the molecule is CC(=O)/C(N=Nc1ccc(Cl)cc1)=C(/C)O. The Labute approximate surface area is 98.3 Å². The molecule has 0 aliphatic carbocycles. The van der Waals surface area contributed by atoms with Crippen LogP contribution in [0.3, 0.4) is 0 Å². The Morgan fingerprint density at radius 1 is 1.25 bits per heavy atom. The smallest absolute Gasteiger partial charge is 0.183 e. The van der Waals surface area contributed by atoms with Gasteiger partial charge in [-0.25, -0.2) is 0 Å². The van der Waals surface area contributed by atoms with Crippen molar-refractivity contribution in [1.29, 1.82) is 0 Å². The summed E-state index contributed by atoms with van der Waals surface area (Å²) in [6, 6.07) is 6.66. The van der Waals surface area contributed by atoms with Crippen molar-refractivity contribution in [2.75, 3.05) is 0 Å². The summed E-state index contributed by atoms with van der Waals surface area (Å²) in [4.78, 5) is 11.1. The Kier molecular flexibility index (Phi) is 4.19. The summed E-state index contributed by atoms with van der Waals surface area (Å²) < 4.78 is 0. The third-order valence-electron chi connectivity index (χ3n) is 1.77. The van der Waals surface area contributed by atoms with Gasteiger partial charge in [-0.05, 0) is 31.2 Å². The number of Topliss-reactive ketones (excluding diaryl/α,β-unsaturated/α-hetero) is 1. The largest absolute Gasteiger partial charge is 0.510 e. The zero-order chi connectivity index (χ0) is 12.1. The van der Waals surface area contributed by atoms with E-state index in [1.165, 1.54) is 13.8 Å². The van der Waals surface area contributed by atoms with Gasteiger partial charge in [-0.15, -0.1) is 5.11 Å². The Balaban J connectivity index is 2.92. The topological polar surface area (TPSA) is 62.0 Å². The van der Waals surface area contributed by atoms with Crippen molar-refractivity contribution in [2.24, 2.45) is 10.2 Å². The molecule has 0 spiro atoms. The summed E-state index contributed by atoms with van der Waals surface area (Å²) in [7, 11) is 0. The van der Waals surface area contributed by atoms with Crippen LogP contribution in [0.5, 0.6) is 0 Å². The first-order valence-corrected chi connectivity index (χ1v) is 4.96. The van der Waals surface area contributed by atoms with E-state index in [4.69, 9.17) is 11.6 Å². The number of allylic oxidation sites excluding steroid dienone is 2. The fourth-order valence-electron chi connectivity index (χ4n) is 1.01. The summed E-state index contributed by atoms with van der Waals surface area (Å²) >= 11 is 5.70. The molecule has 1 rings (SSSR count). The molecule has 84 valence electrons. The van der Waals surface area contributed by atoms with Gasteiger partial charge >= 0.3 is 0 Å². The first-order chi connectivity index (χ1) is 7.50. The fraction of sp³-hybridized carbons (Fsp3) is 0.182. The molecular formula is C11H11ClN2O2. The molecule has 1 aromatic carbocycles. The predicted molar refractivity (Wildman–Crippen MR) is 62.0 cm³/mol. The lowest BCUT2D eigenvalue weighted by Gasteiger charge is -1.96. The molecule has 0 aliphatic heterocycles. The van der Waals surface area contributed by atoms with Crippen molar-refractivity contribution in [3.8, 4) is 0 Å². The van der Waals surface area contributed by atoms with Crippen molar-refractivity contribution >= 4 is 23.1 Å². The lowest BCUT2D eigenvalue weighted by atomic mass is 10.3. The molecular weight excluding hydrogens is 228 g/mol. The van der Waals surface area contributed by atoms with Gasteiger partial charge in [-0.2, -0.15) is 5.11 Å². The number of nitrogens with zero attached hydrogens (tertiary/aromatic N) is 2. The van der Waals surface area contributed by atoms with Crippen LogP contribution in [-0.2, 0) is 4.79 Å². The van der Waals surface area contributed by atoms with E-state index in [0.717, 1.165) is 0 Å². The second-order valence-corrected chi connectivity index (χ2v) is 3.60. The van der Waals surface area contributed by atoms with Crippen LogP contribution in [-0.4, -0.2) is 10.9 Å². The van der Waals surface area contributed by atoms with E-state index < -0.39 is 0 Å². The third-order valence-corrected chi connectivity index (χ3v) is 2.02. The predicted octanol–water partition coefficient (Wildman–Crippen LogP) is 3.80. The van der Waals surface area contributed by atoms with Crippen LogP contribution in [0.2, 0.25) is 5.02 Å². The van der Waals surface area contributed by atoms with Crippen LogP contribution in [0.15, 0.2) is 46.0 Å². The van der Waals surface area contributed by atoms with Gasteiger partial charge in [0.1, 0.15) is 5.76 Å². The number of hydrogen-bond donors (Lipinski definition) is 1. The molecule has 1 aromatic rings. The molecule has 1 N–H and O–H groups in total. The minimum Gasteiger partial charge on any atom is -0.510 e. The fourth-order valence-corrected chi connectivity index (χ4v) is 1.14. The van der Waals surface area contributed by atoms with Crippen molar-refractivity contribution in [2.45, 2.75) is 13.8 Å². The Hall–Kier alpha value is -1.68. The van der Waals surface area contributed by atoms with E-state index in [1.54, 1.807) is 24.3 Å². The number of benzene rings is 1. The van der Waals surface area contributed by atoms with Gasteiger partial charge in [0.05, 0.1) is 5.69 Å². The number of rotatable bonds is 3. The van der Waals surface area contributed by atoms with E-state index in [9.17, 15) is 9.90 Å². The van der Waals surface area contributed by atoms with Crippen molar-refractivity contribution in [3.63, 3.8) is 0 Å². The summed E-state index contributed by atoms with van der Waals surface area (Å²) in [5.41, 5.74) is 0.513. The second-order valence-electron chi connectivity index (χ2n) is 3.17. The highest BCUT2D eigenvalue weighted by Crippen LogP contribution is 2.18. The van der Waals surface area contributed by atoms with Gasteiger partial charge in [0, 0.05) is 11.9 Å². The highest BCUT2D eigenvalue weighted by atomic mass is 35.5. The molecule has 16 heavy (non-hydrogen) atoms. The third kappa shape index (κ3) is 3.47. The highest BCUT2D eigenvalue weighted by Gasteiger charge is 2.06. The van der Waals surface area contributed by atoms with Crippen LogP contribution >= 0.6 is 11.6 Å². The number of ketones is 1. The maximum absolute atomic E-state index is 11.1. The summed E-state index contributed by atoms with van der Waals surface area (Å²) in [6.07, 6.45) is 0. The average Bonchev–Trinajstić information content (AvgIpc) is 2.20. The molecule has 5 heteroatoms. The van der Waals surface area contributed by atoms with Gasteiger partial charge in [0.15, 0.2) is 11.5 Å². The normalized spacial score (nSPS) is 12.7. The zero-order valence-corrected chi connectivity index (χ0v) is 9.69. The van der Waals surface area contributed by atoms with Crippen LogP contribution in [0.4, 0.5) is 5.69 Å². The molecule has 0 aromatic heterocycles. The minimum atomic E-state index is -0.335. The first kappa shape index (κ1) is 12.4. The van der Waals surface area contributed by atoms with Gasteiger partial charge in [0.25, 0.3) is 0 Å². The quantitative estimate of drug-likeness (QED) is 0.495. The number of halogens is 1. The van der Waals surface area contributed by atoms with E-state index in [1.807, 2.05) is 0 Å². The standard InChI is InChI=1S/C11H11ClN2O2/c1-7(15)11(8(2)16)14-13-10-5-3-9(12)4-6-10/h3-6,15H,1-2H3/b11-7+,14-13?. The van der Waals surface area contributed by atoms with Crippen LogP contribution in [0.1, 0.15) is 13.8 Å². The van der Waals surface area contributed by atoms with Crippen LogP contribution in [0.25, 0.3) is 0 Å². The maximum Gasteiger partial charge on any atom is 0.183 e. The minimum absolute atomic E-state index is 0.0463. The number of carbonyl (C=O) groups excluding carboxylic acids is 1. The van der Waals surface area contributed by atoms with Crippen LogP contribution in [0, 0.1) is 0 Å². The van der Waals surface area contributed by atoms with E-state index in [-0.39, 0.29) is 17.2 Å². The number of aliphatic hydroxyl groups is 1. The van der Waals surface area contributed by atoms with Crippen molar-refractivity contribution in [1.82, 2.24) is 0 Å². The van der Waals surface area contributed by atoms with Gasteiger partial charge in [0.2, 0.25) is 0 Å². The lowest BCUT2D eigenvalue weighted by Crippen LogP contribution is -1.96. The number of carbonyl (C=O) groups is 1. The number of aliphatic hydroxyl groups excluding tert-OH is 1. The highest BCUT2D eigenvalue weighted by molar-refractivity contribution is 6.30. The van der Waals surface area contributed by atoms with Gasteiger partial charge in [-0.3, -0.25) is 4.79 Å². The van der Waals surface area contributed by atoms with E-state index >= 15 is 0 Å². The van der Waals surface area contributed by atoms with Gasteiger partial charge < -0.3 is 5.11 Å². The monoisotopic (exact) mass is 238 g/mol. The molecule has 0 heterocycles. The molecule has 0 amide bonds. The molecule has 4 nitrogen and oxygen atoms in total. The molecule has 0 fully saturated rings. The average molecular weight is 239 g/mol. The molecule has 0 radical (unpaired) electrons. The molecule has 0 atom stereocenters. The Bertz CT molecular complexity index is 446. The second kappa shape index (κ2) is 5.42. The Morgan fingerprint density at radius 3 is 2.25 bits per heavy atom. The number of hydrogen-bond acceptors (Lipinski definition) is 4. The number of azo groups is 1. The lowest BCUT2D eigenvalue weighted by molar-refractivity contribution is -0.113. The Morgan fingerprint density at radius 2 is 1.81 bits per heavy atom. The summed E-state index contributed by atoms with van der Waals surface area (Å²) in [5, 5.41) is 17.3. The van der Waals surface area contributed by atoms with Crippen LogP contribution < -0.4 is 0 Å². The van der Waals surface area contributed by atoms with E-state index in [0.29, 0.717) is 10.7 Å². The van der Waals surface area contributed by atoms with E-state index in [2.05, 4.69) is 10.2 Å². The van der Waals surface area contributed by atoms with Gasteiger partial charge in [-0.1, -0.05) is 11.6 Å². The summed E-state index contributed by atoms with van der Waals surface area (Å²) in [6.45, 7) is 2.70. The summed E-state index contributed by atoms with van der Waals surface area (Å²) in [5.74, 6) is -0.483. The molecule has 0 unspecified atom stereocenters. The zero-order valence-electron chi connectivity index (χ0n) is 8.94. The molecule has 0 saturated heterocycles. The maximum atomic E-state index is 11.1.